The highest BCUT2D eigenvalue weighted by atomic mass is 16.6. The van der Waals surface area contributed by atoms with E-state index in [1.54, 1.807) is 12.1 Å². The first-order valence-corrected chi connectivity index (χ1v) is 7.36. The molecule has 4 heteroatoms. The SMILES string of the molecule is CC(C)(C)OC(=O)NC1(c2ccc(C#N)cc2)CCCC1. The Morgan fingerprint density at radius 3 is 2.29 bits per heavy atom. The van der Waals surface area contributed by atoms with Crippen LogP contribution in [0.4, 0.5) is 4.79 Å². The number of ether oxygens (including phenoxy) is 1. The Morgan fingerprint density at radius 1 is 1.24 bits per heavy atom. The number of nitrogens with one attached hydrogen (secondary N) is 1. The van der Waals surface area contributed by atoms with Crippen LogP contribution in [0.3, 0.4) is 0 Å². The van der Waals surface area contributed by atoms with Gasteiger partial charge in [-0.2, -0.15) is 5.26 Å². The van der Waals surface area contributed by atoms with Crippen molar-refractivity contribution in [3.63, 3.8) is 0 Å². The summed E-state index contributed by atoms with van der Waals surface area (Å²) in [6.07, 6.45) is 3.58. The quantitative estimate of drug-likeness (QED) is 0.898. The number of nitrogens with zero attached hydrogens (tertiary/aromatic N) is 1. The molecule has 1 saturated carbocycles. The Balaban J connectivity index is 2.20. The number of benzene rings is 1. The minimum atomic E-state index is -0.505. The molecule has 0 unspecified atom stereocenters. The maximum absolute atomic E-state index is 12.1. The number of amides is 1. The summed E-state index contributed by atoms with van der Waals surface area (Å²) in [5.41, 5.74) is 0.805. The van der Waals surface area contributed by atoms with E-state index in [1.165, 1.54) is 0 Å². The smallest absolute Gasteiger partial charge is 0.408 e. The Morgan fingerprint density at radius 2 is 1.81 bits per heavy atom. The molecule has 0 saturated heterocycles. The van der Waals surface area contributed by atoms with Crippen LogP contribution in [0.1, 0.15) is 57.6 Å². The molecule has 21 heavy (non-hydrogen) atoms. The first kappa shape index (κ1) is 15.4. The van der Waals surface area contributed by atoms with E-state index in [2.05, 4.69) is 11.4 Å². The average molecular weight is 286 g/mol. The molecule has 0 radical (unpaired) electrons. The fraction of sp³-hybridized carbons (Fsp3) is 0.529. The van der Waals surface area contributed by atoms with Crippen LogP contribution in [0.2, 0.25) is 0 Å². The molecule has 1 aromatic carbocycles. The van der Waals surface area contributed by atoms with E-state index in [0.29, 0.717) is 5.56 Å². The molecular weight excluding hydrogens is 264 g/mol. The van der Waals surface area contributed by atoms with Crippen molar-refractivity contribution in [1.82, 2.24) is 5.32 Å². The van der Waals surface area contributed by atoms with E-state index in [0.717, 1.165) is 31.2 Å². The highest BCUT2D eigenvalue weighted by Crippen LogP contribution is 2.39. The molecule has 0 heterocycles. The zero-order valence-electron chi connectivity index (χ0n) is 12.9. The Hall–Kier alpha value is -2.02. The first-order valence-electron chi connectivity index (χ1n) is 7.36. The first-order chi connectivity index (χ1) is 9.85. The summed E-state index contributed by atoms with van der Waals surface area (Å²) in [6, 6.07) is 9.58. The number of carbonyl (C=O) groups excluding carboxylic acids is 1. The molecule has 0 aliphatic heterocycles. The molecule has 1 aromatic rings. The number of nitriles is 1. The molecular formula is C17H22N2O2. The lowest BCUT2D eigenvalue weighted by Crippen LogP contribution is -2.46. The van der Waals surface area contributed by atoms with Crippen LogP contribution in [0.15, 0.2) is 24.3 Å². The molecule has 0 bridgehead atoms. The van der Waals surface area contributed by atoms with Crippen molar-refractivity contribution >= 4 is 6.09 Å². The maximum atomic E-state index is 12.1. The van der Waals surface area contributed by atoms with Gasteiger partial charge in [0.05, 0.1) is 17.2 Å². The number of hydrogen-bond donors (Lipinski definition) is 1. The number of hydrogen-bond acceptors (Lipinski definition) is 3. The van der Waals surface area contributed by atoms with Crippen molar-refractivity contribution in [3.05, 3.63) is 35.4 Å². The van der Waals surface area contributed by atoms with Crippen molar-refractivity contribution in [2.75, 3.05) is 0 Å². The van der Waals surface area contributed by atoms with Crippen molar-refractivity contribution in [2.45, 2.75) is 57.6 Å². The zero-order valence-corrected chi connectivity index (χ0v) is 12.9. The molecule has 0 spiro atoms. The summed E-state index contributed by atoms with van der Waals surface area (Å²) in [5, 5.41) is 11.9. The summed E-state index contributed by atoms with van der Waals surface area (Å²) in [6.45, 7) is 5.57. The molecule has 112 valence electrons. The summed E-state index contributed by atoms with van der Waals surface area (Å²) >= 11 is 0. The van der Waals surface area contributed by atoms with Gasteiger partial charge in [-0.15, -0.1) is 0 Å². The highest BCUT2D eigenvalue weighted by molar-refractivity contribution is 5.69. The van der Waals surface area contributed by atoms with Crippen LogP contribution in [-0.2, 0) is 10.3 Å². The van der Waals surface area contributed by atoms with Gasteiger partial charge in [-0.1, -0.05) is 25.0 Å². The van der Waals surface area contributed by atoms with E-state index in [9.17, 15) is 4.79 Å². The number of carbonyl (C=O) groups is 1. The van der Waals surface area contributed by atoms with Crippen molar-refractivity contribution in [3.8, 4) is 6.07 Å². The second-order valence-electron chi connectivity index (χ2n) is 6.61. The molecule has 1 fully saturated rings. The molecule has 1 aliphatic carbocycles. The van der Waals surface area contributed by atoms with Gasteiger partial charge in [0.15, 0.2) is 0 Å². The van der Waals surface area contributed by atoms with Gasteiger partial charge < -0.3 is 10.1 Å². The third kappa shape index (κ3) is 3.75. The lowest BCUT2D eigenvalue weighted by molar-refractivity contribution is 0.0453. The average Bonchev–Trinajstić information content (AvgIpc) is 2.86. The van der Waals surface area contributed by atoms with E-state index < -0.39 is 5.60 Å². The summed E-state index contributed by atoms with van der Waals surface area (Å²) in [7, 11) is 0. The fourth-order valence-corrected chi connectivity index (χ4v) is 2.83. The van der Waals surface area contributed by atoms with Gasteiger partial charge in [-0.25, -0.2) is 4.79 Å². The van der Waals surface area contributed by atoms with E-state index in [1.807, 2.05) is 32.9 Å². The van der Waals surface area contributed by atoms with Crippen LogP contribution in [0.5, 0.6) is 0 Å². The predicted molar refractivity (Wildman–Crippen MR) is 80.7 cm³/mol. The molecule has 0 aromatic heterocycles. The summed E-state index contributed by atoms with van der Waals surface area (Å²) in [4.78, 5) is 12.1. The summed E-state index contributed by atoms with van der Waals surface area (Å²) < 4.78 is 5.39. The second kappa shape index (κ2) is 5.77. The van der Waals surface area contributed by atoms with Crippen LogP contribution < -0.4 is 5.32 Å². The third-order valence-corrected chi connectivity index (χ3v) is 3.76. The molecule has 0 atom stereocenters. The van der Waals surface area contributed by atoms with Gasteiger partial charge in [-0.3, -0.25) is 0 Å². The number of alkyl carbamates (subject to hydrolysis) is 1. The maximum Gasteiger partial charge on any atom is 0.408 e. The highest BCUT2D eigenvalue weighted by Gasteiger charge is 2.38. The van der Waals surface area contributed by atoms with Gasteiger partial charge in [0, 0.05) is 0 Å². The largest absolute Gasteiger partial charge is 0.444 e. The van der Waals surface area contributed by atoms with Crippen LogP contribution in [0, 0.1) is 11.3 Å². The standard InChI is InChI=1S/C17H22N2O2/c1-16(2,3)21-15(20)19-17(10-4-5-11-17)14-8-6-13(12-18)7-9-14/h6-9H,4-5,10-11H2,1-3H3,(H,19,20). The minimum Gasteiger partial charge on any atom is -0.444 e. The molecule has 1 N–H and O–H groups in total. The van der Waals surface area contributed by atoms with Gasteiger partial charge in [0.2, 0.25) is 0 Å². The number of rotatable bonds is 2. The van der Waals surface area contributed by atoms with Crippen molar-refractivity contribution in [1.29, 1.82) is 5.26 Å². The van der Waals surface area contributed by atoms with Gasteiger partial charge in [-0.05, 0) is 51.3 Å². The Bertz CT molecular complexity index is 544. The van der Waals surface area contributed by atoms with Gasteiger partial charge in [0.25, 0.3) is 0 Å². The topological polar surface area (TPSA) is 62.1 Å². The van der Waals surface area contributed by atoms with E-state index in [4.69, 9.17) is 10.00 Å². The van der Waals surface area contributed by atoms with Crippen LogP contribution >= 0.6 is 0 Å². The van der Waals surface area contributed by atoms with Crippen molar-refractivity contribution < 1.29 is 9.53 Å². The van der Waals surface area contributed by atoms with Crippen LogP contribution in [0.25, 0.3) is 0 Å². The molecule has 4 nitrogen and oxygen atoms in total. The Labute approximate surface area is 126 Å². The van der Waals surface area contributed by atoms with Crippen LogP contribution in [-0.4, -0.2) is 11.7 Å². The monoisotopic (exact) mass is 286 g/mol. The van der Waals surface area contributed by atoms with Gasteiger partial charge in [0.1, 0.15) is 5.60 Å². The molecule has 1 aliphatic rings. The zero-order chi connectivity index (χ0) is 15.5. The third-order valence-electron chi connectivity index (χ3n) is 3.76. The molecule has 1 amide bonds. The molecule has 2 rings (SSSR count). The second-order valence-corrected chi connectivity index (χ2v) is 6.61. The van der Waals surface area contributed by atoms with E-state index >= 15 is 0 Å². The predicted octanol–water partition coefficient (Wildman–Crippen LogP) is 3.85. The minimum absolute atomic E-state index is 0.365. The fourth-order valence-electron chi connectivity index (χ4n) is 2.83. The normalized spacial score (nSPS) is 17.0. The lowest BCUT2D eigenvalue weighted by atomic mass is 9.88. The van der Waals surface area contributed by atoms with Gasteiger partial charge >= 0.3 is 6.09 Å². The van der Waals surface area contributed by atoms with Crippen molar-refractivity contribution in [2.24, 2.45) is 0 Å². The lowest BCUT2D eigenvalue weighted by Gasteiger charge is -2.32. The Kier molecular flexibility index (Phi) is 4.22. The van der Waals surface area contributed by atoms with E-state index in [-0.39, 0.29) is 11.6 Å². The summed E-state index contributed by atoms with van der Waals surface area (Å²) in [5.74, 6) is 0.